The number of hydrogen-bond donors (Lipinski definition) is 0. The first kappa shape index (κ1) is 11.0. The first-order valence-electron chi connectivity index (χ1n) is 3.99. The maximum Gasteiger partial charge on any atom is 0.264 e. The van der Waals surface area contributed by atoms with Crippen LogP contribution in [0.15, 0.2) is 0 Å². The molecule has 1 aliphatic heterocycles. The van der Waals surface area contributed by atoms with Gasteiger partial charge >= 0.3 is 0 Å². The fraction of sp³-hybridized carbons (Fsp3) is 0.857. The van der Waals surface area contributed by atoms with Crippen LogP contribution in [0.4, 0.5) is 0 Å². The van der Waals surface area contributed by atoms with Crippen molar-refractivity contribution in [2.45, 2.75) is 18.9 Å². The maximum atomic E-state index is 11.4. The molecule has 0 aromatic rings. The van der Waals surface area contributed by atoms with E-state index in [-0.39, 0.29) is 6.10 Å². The second-order valence-corrected chi connectivity index (χ2v) is 7.72. The Hall–Kier alpha value is -0.0700. The lowest BCUT2D eigenvalue weighted by Gasteiger charge is -2.23. The highest BCUT2D eigenvalue weighted by atomic mass is 32.2. The molecule has 0 spiro atoms. The van der Waals surface area contributed by atoms with Gasteiger partial charge in [0.25, 0.3) is 10.1 Å². The minimum absolute atomic E-state index is 0.300. The molecule has 1 saturated heterocycles. The van der Waals surface area contributed by atoms with Crippen molar-refractivity contribution < 1.29 is 16.8 Å². The van der Waals surface area contributed by atoms with E-state index in [2.05, 4.69) is 5.87 Å². The van der Waals surface area contributed by atoms with Crippen molar-refractivity contribution in [3.05, 3.63) is 0 Å². The summed E-state index contributed by atoms with van der Waals surface area (Å²) in [6, 6.07) is 0. The fourth-order valence-corrected chi connectivity index (χ4v) is 3.56. The van der Waals surface area contributed by atoms with Gasteiger partial charge in [0, 0.05) is 11.5 Å². The van der Waals surface area contributed by atoms with Gasteiger partial charge in [-0.1, -0.05) is 0 Å². The molecule has 4 nitrogen and oxygen atoms in total. The van der Waals surface area contributed by atoms with Crippen LogP contribution in [-0.2, 0) is 23.8 Å². The molecule has 78 valence electrons. The summed E-state index contributed by atoms with van der Waals surface area (Å²) >= 11 is 0. The zero-order chi connectivity index (χ0) is 10.1. The summed E-state index contributed by atoms with van der Waals surface area (Å²) in [7, 11) is -5.32. The Morgan fingerprint density at radius 2 is 1.85 bits per heavy atom. The lowest BCUT2D eigenvalue weighted by atomic mass is 10.2. The van der Waals surface area contributed by atoms with Crippen molar-refractivity contribution in [3.63, 3.8) is 0 Å². The monoisotopic (exact) mass is 226 g/mol. The molecular formula is C7H14O4S2. The first-order chi connectivity index (χ1) is 5.79. The second kappa shape index (κ2) is 3.59. The van der Waals surface area contributed by atoms with Gasteiger partial charge in [0.05, 0.1) is 12.4 Å². The van der Waals surface area contributed by atoms with E-state index in [0.717, 1.165) is 6.26 Å². The van der Waals surface area contributed by atoms with E-state index in [1.165, 1.54) is 0 Å². The van der Waals surface area contributed by atoms with Gasteiger partial charge in [-0.2, -0.15) is 8.42 Å². The number of hydrogen-bond acceptors (Lipinski definition) is 4. The van der Waals surface area contributed by atoms with Crippen LogP contribution in [0, 0.1) is 0 Å². The normalized spacial score (nSPS) is 35.9. The molecule has 1 heterocycles. The Morgan fingerprint density at radius 3 is 2.23 bits per heavy atom. The molecule has 13 heavy (non-hydrogen) atoms. The first-order valence-corrected chi connectivity index (χ1v) is 7.88. The molecule has 0 saturated carbocycles. The zero-order valence-electron chi connectivity index (χ0n) is 7.56. The quantitative estimate of drug-likeness (QED) is 0.485. The summed E-state index contributed by atoms with van der Waals surface area (Å²) in [5, 5.41) is 0. The fourth-order valence-electron chi connectivity index (χ4n) is 1.28. The molecule has 0 bridgehead atoms. The van der Waals surface area contributed by atoms with Crippen molar-refractivity contribution in [2.75, 3.05) is 17.8 Å². The third-order valence-corrected chi connectivity index (χ3v) is 4.52. The SMILES string of the molecule is C=S1(=O)CCC(OS(C)(=O)=O)CC1. The summed E-state index contributed by atoms with van der Waals surface area (Å²) in [5.41, 5.74) is 0. The van der Waals surface area contributed by atoms with Gasteiger partial charge in [0.1, 0.15) is 0 Å². The minimum Gasteiger partial charge on any atom is -0.268 e. The van der Waals surface area contributed by atoms with E-state index in [0.29, 0.717) is 24.3 Å². The van der Waals surface area contributed by atoms with Crippen molar-refractivity contribution in [1.29, 1.82) is 0 Å². The lowest BCUT2D eigenvalue weighted by Crippen LogP contribution is -2.30. The Bertz CT molecular complexity index is 351. The molecule has 1 rings (SSSR count). The summed E-state index contributed by atoms with van der Waals surface area (Å²) in [6.07, 6.45) is 1.78. The third kappa shape index (κ3) is 4.10. The van der Waals surface area contributed by atoms with E-state index in [4.69, 9.17) is 4.18 Å². The van der Waals surface area contributed by atoms with E-state index in [1.54, 1.807) is 0 Å². The van der Waals surface area contributed by atoms with Gasteiger partial charge in [-0.25, -0.2) is 0 Å². The molecular weight excluding hydrogens is 212 g/mol. The van der Waals surface area contributed by atoms with Crippen LogP contribution in [0.1, 0.15) is 12.8 Å². The van der Waals surface area contributed by atoms with Gasteiger partial charge in [-0.15, -0.1) is 0 Å². The largest absolute Gasteiger partial charge is 0.268 e. The molecule has 6 heteroatoms. The van der Waals surface area contributed by atoms with E-state index < -0.39 is 19.6 Å². The molecule has 0 unspecified atom stereocenters. The Morgan fingerprint density at radius 1 is 1.38 bits per heavy atom. The molecule has 0 aliphatic carbocycles. The minimum atomic E-state index is -3.37. The topological polar surface area (TPSA) is 60.4 Å². The highest BCUT2D eigenvalue weighted by molar-refractivity contribution is 8.00. The molecule has 0 N–H and O–H groups in total. The molecule has 1 fully saturated rings. The summed E-state index contributed by atoms with van der Waals surface area (Å²) in [6.45, 7) is 0. The van der Waals surface area contributed by atoms with Crippen molar-refractivity contribution in [3.8, 4) is 0 Å². The molecule has 0 aromatic carbocycles. The third-order valence-electron chi connectivity index (χ3n) is 1.93. The highest BCUT2D eigenvalue weighted by Gasteiger charge is 2.23. The van der Waals surface area contributed by atoms with Crippen molar-refractivity contribution >= 4 is 25.5 Å². The predicted octanol–water partition coefficient (Wildman–Crippen LogP) is -0.159. The van der Waals surface area contributed by atoms with Crippen LogP contribution in [0.3, 0.4) is 0 Å². The van der Waals surface area contributed by atoms with Gasteiger partial charge in [-0.3, -0.25) is 8.39 Å². The molecule has 1 aliphatic rings. The molecule has 0 radical (unpaired) electrons. The van der Waals surface area contributed by atoms with Crippen LogP contribution in [0.2, 0.25) is 0 Å². The van der Waals surface area contributed by atoms with E-state index in [1.807, 2.05) is 0 Å². The molecule has 0 aromatic heterocycles. The highest BCUT2D eigenvalue weighted by Crippen LogP contribution is 2.16. The zero-order valence-corrected chi connectivity index (χ0v) is 9.20. The predicted molar refractivity (Wildman–Crippen MR) is 53.9 cm³/mol. The van der Waals surface area contributed by atoms with E-state index >= 15 is 0 Å². The summed E-state index contributed by atoms with van der Waals surface area (Å²) < 4.78 is 37.7. The van der Waals surface area contributed by atoms with Crippen molar-refractivity contribution in [2.24, 2.45) is 0 Å². The molecule has 0 amide bonds. The summed E-state index contributed by atoms with van der Waals surface area (Å²) in [5.74, 6) is 4.51. The summed E-state index contributed by atoms with van der Waals surface area (Å²) in [4.78, 5) is 0. The average Bonchev–Trinajstić information content (AvgIpc) is 1.91. The Kier molecular flexibility index (Phi) is 3.04. The van der Waals surface area contributed by atoms with Crippen LogP contribution in [0.25, 0.3) is 0 Å². The van der Waals surface area contributed by atoms with Gasteiger partial charge < -0.3 is 0 Å². The van der Waals surface area contributed by atoms with Gasteiger partial charge in [0.2, 0.25) is 0 Å². The van der Waals surface area contributed by atoms with Crippen LogP contribution in [-0.4, -0.2) is 42.4 Å². The Balaban J connectivity index is 2.52. The smallest absolute Gasteiger partial charge is 0.264 e. The lowest BCUT2D eigenvalue weighted by molar-refractivity contribution is 0.200. The standard InChI is InChI=1S/C7H14O4S2/c1-12(8)5-3-7(4-6-12)11-13(2,9)10/h7H,1,3-6H2,2H3. The average molecular weight is 226 g/mol. The van der Waals surface area contributed by atoms with Crippen LogP contribution >= 0.6 is 0 Å². The van der Waals surface area contributed by atoms with E-state index in [9.17, 15) is 12.6 Å². The second-order valence-electron chi connectivity index (χ2n) is 3.37. The molecule has 0 atom stereocenters. The van der Waals surface area contributed by atoms with Crippen LogP contribution in [0.5, 0.6) is 0 Å². The number of rotatable bonds is 2. The Labute approximate surface area is 79.4 Å². The van der Waals surface area contributed by atoms with Crippen LogP contribution < -0.4 is 0 Å². The maximum absolute atomic E-state index is 11.4. The van der Waals surface area contributed by atoms with Gasteiger partial charge in [0.15, 0.2) is 0 Å². The van der Waals surface area contributed by atoms with Gasteiger partial charge in [-0.05, 0) is 28.2 Å². The van der Waals surface area contributed by atoms with Crippen molar-refractivity contribution in [1.82, 2.24) is 0 Å².